The Morgan fingerprint density at radius 1 is 0.870 bits per heavy atom. The standard InChI is InChI=1S/C20H12BrClS/c21-19-11-15-10-16(9-13-5-1-2-6-14(13)12-22)23-20(15)18-8-4-3-7-17(18)19/h1-12H/b13-9-,14-12+. The summed E-state index contributed by atoms with van der Waals surface area (Å²) in [6, 6.07) is 21.1. The van der Waals surface area contributed by atoms with E-state index in [4.69, 9.17) is 11.6 Å². The number of hydrogen-bond acceptors (Lipinski definition) is 1. The summed E-state index contributed by atoms with van der Waals surface area (Å²) < 4.78 is 2.46. The second-order valence-electron chi connectivity index (χ2n) is 5.35. The van der Waals surface area contributed by atoms with Gasteiger partial charge in [0, 0.05) is 25.0 Å². The minimum atomic E-state index is 1.04. The Morgan fingerprint density at radius 3 is 2.35 bits per heavy atom. The molecule has 0 saturated heterocycles. The van der Waals surface area contributed by atoms with Crippen LogP contribution >= 0.6 is 38.9 Å². The van der Waals surface area contributed by atoms with Gasteiger partial charge in [-0.1, -0.05) is 76.1 Å². The van der Waals surface area contributed by atoms with Crippen molar-refractivity contribution in [1.82, 2.24) is 0 Å². The molecular weight excluding hydrogens is 388 g/mol. The molecule has 0 radical (unpaired) electrons. The molecule has 0 aliphatic rings. The lowest BCUT2D eigenvalue weighted by Crippen LogP contribution is -2.22. The smallest absolute Gasteiger partial charge is 0.0428 e. The van der Waals surface area contributed by atoms with Crippen LogP contribution in [-0.2, 0) is 0 Å². The maximum atomic E-state index is 5.93. The van der Waals surface area contributed by atoms with E-state index >= 15 is 0 Å². The molecule has 0 spiro atoms. The van der Waals surface area contributed by atoms with E-state index in [2.05, 4.69) is 64.5 Å². The van der Waals surface area contributed by atoms with Gasteiger partial charge < -0.3 is 0 Å². The molecule has 0 bridgehead atoms. The van der Waals surface area contributed by atoms with E-state index in [1.54, 1.807) is 5.54 Å². The van der Waals surface area contributed by atoms with Crippen molar-refractivity contribution in [1.29, 1.82) is 0 Å². The summed E-state index contributed by atoms with van der Waals surface area (Å²) in [5, 5.41) is 5.98. The number of halogens is 2. The molecule has 0 atom stereocenters. The molecule has 3 heteroatoms. The van der Waals surface area contributed by atoms with Gasteiger partial charge in [0.2, 0.25) is 0 Å². The zero-order valence-corrected chi connectivity index (χ0v) is 15.3. The number of fused-ring (bicyclic) bond motifs is 3. The van der Waals surface area contributed by atoms with Crippen LogP contribution in [0.3, 0.4) is 0 Å². The summed E-state index contributed by atoms with van der Waals surface area (Å²) in [4.78, 5) is 1.23. The summed E-state index contributed by atoms with van der Waals surface area (Å²) in [7, 11) is 0. The second-order valence-corrected chi connectivity index (χ2v) is 7.51. The number of benzene rings is 3. The minimum absolute atomic E-state index is 1.04. The second kappa shape index (κ2) is 6.12. The fraction of sp³-hybridized carbons (Fsp3) is 0. The number of hydrogen-bond donors (Lipinski definition) is 0. The molecule has 3 aromatic carbocycles. The van der Waals surface area contributed by atoms with Crippen LogP contribution in [0, 0.1) is 0 Å². The molecule has 0 unspecified atom stereocenters. The molecular formula is C20H12BrClS. The highest BCUT2D eigenvalue weighted by Gasteiger charge is 2.07. The van der Waals surface area contributed by atoms with Crippen molar-refractivity contribution in [3.05, 3.63) is 80.5 Å². The van der Waals surface area contributed by atoms with Crippen LogP contribution in [0.5, 0.6) is 0 Å². The summed E-state index contributed by atoms with van der Waals surface area (Å²) in [5.74, 6) is 0. The Kier molecular flexibility index (Phi) is 3.98. The predicted molar refractivity (Wildman–Crippen MR) is 107 cm³/mol. The molecule has 0 nitrogen and oxygen atoms in total. The van der Waals surface area contributed by atoms with E-state index < -0.39 is 0 Å². The molecule has 1 heterocycles. The van der Waals surface area contributed by atoms with Crippen molar-refractivity contribution in [3.8, 4) is 0 Å². The summed E-state index contributed by atoms with van der Waals surface area (Å²) >= 11 is 11.4. The average molecular weight is 400 g/mol. The predicted octanol–water partition coefficient (Wildman–Crippen LogP) is 5.62. The maximum absolute atomic E-state index is 5.93. The van der Waals surface area contributed by atoms with E-state index in [-0.39, 0.29) is 0 Å². The van der Waals surface area contributed by atoms with Crippen LogP contribution in [0.15, 0.2) is 65.1 Å². The summed E-state index contributed by atoms with van der Waals surface area (Å²) in [5.41, 5.74) is 1.63. The molecule has 23 heavy (non-hydrogen) atoms. The third-order valence-electron chi connectivity index (χ3n) is 3.90. The maximum Gasteiger partial charge on any atom is 0.0428 e. The van der Waals surface area contributed by atoms with Crippen LogP contribution in [0.25, 0.3) is 32.5 Å². The molecule has 112 valence electrons. The van der Waals surface area contributed by atoms with Gasteiger partial charge in [-0.15, -0.1) is 11.3 Å². The minimum Gasteiger partial charge on any atom is -0.135 e. The highest BCUT2D eigenvalue weighted by atomic mass is 79.9. The fourth-order valence-electron chi connectivity index (χ4n) is 2.81. The lowest BCUT2D eigenvalue weighted by atomic mass is 10.1. The van der Waals surface area contributed by atoms with E-state index in [0.717, 1.165) is 14.9 Å². The highest BCUT2D eigenvalue weighted by molar-refractivity contribution is 9.10. The Labute approximate surface area is 151 Å². The van der Waals surface area contributed by atoms with Crippen LogP contribution in [0.4, 0.5) is 0 Å². The number of rotatable bonds is 1. The summed E-state index contributed by atoms with van der Waals surface area (Å²) in [6.07, 6.45) is 2.20. The lowest BCUT2D eigenvalue weighted by molar-refractivity contribution is 1.53. The Bertz CT molecular complexity index is 1140. The van der Waals surface area contributed by atoms with E-state index in [1.165, 1.54) is 25.7 Å². The van der Waals surface area contributed by atoms with Crippen molar-refractivity contribution in [3.63, 3.8) is 0 Å². The van der Waals surface area contributed by atoms with Gasteiger partial charge in [0.25, 0.3) is 0 Å². The monoisotopic (exact) mass is 398 g/mol. The van der Waals surface area contributed by atoms with Crippen LogP contribution in [0.1, 0.15) is 4.88 Å². The highest BCUT2D eigenvalue weighted by Crippen LogP contribution is 2.37. The number of thiophene rings is 1. The van der Waals surface area contributed by atoms with Gasteiger partial charge in [0.15, 0.2) is 0 Å². The van der Waals surface area contributed by atoms with Gasteiger partial charge in [-0.25, -0.2) is 0 Å². The average Bonchev–Trinajstić information content (AvgIpc) is 2.98. The van der Waals surface area contributed by atoms with Crippen molar-refractivity contribution >= 4 is 71.3 Å². The van der Waals surface area contributed by atoms with E-state index in [0.29, 0.717) is 0 Å². The molecule has 4 rings (SSSR count). The first-order chi connectivity index (χ1) is 11.3. The SMILES string of the molecule is Cl/C=c1\cccc\c1=C\c1cc2cc(Br)c3ccccc3c2s1. The molecule has 4 aromatic rings. The topological polar surface area (TPSA) is 0 Å². The molecule has 0 saturated carbocycles. The normalized spacial score (nSPS) is 13.3. The van der Waals surface area contributed by atoms with E-state index in [1.807, 2.05) is 29.5 Å². The molecule has 0 N–H and O–H groups in total. The van der Waals surface area contributed by atoms with Crippen molar-refractivity contribution < 1.29 is 0 Å². The van der Waals surface area contributed by atoms with Gasteiger partial charge in [-0.05, 0) is 39.4 Å². The largest absolute Gasteiger partial charge is 0.135 e. The van der Waals surface area contributed by atoms with Crippen LogP contribution in [-0.4, -0.2) is 0 Å². The van der Waals surface area contributed by atoms with Gasteiger partial charge in [0.05, 0.1) is 0 Å². The third-order valence-corrected chi connectivity index (χ3v) is 5.92. The fourth-order valence-corrected chi connectivity index (χ4v) is 4.73. The van der Waals surface area contributed by atoms with E-state index in [9.17, 15) is 0 Å². The van der Waals surface area contributed by atoms with Crippen molar-refractivity contribution in [2.24, 2.45) is 0 Å². The Balaban J connectivity index is 2.02. The lowest BCUT2D eigenvalue weighted by Gasteiger charge is -2.01. The molecule has 0 amide bonds. The first-order valence-corrected chi connectivity index (χ1v) is 9.29. The van der Waals surface area contributed by atoms with Gasteiger partial charge in [-0.3, -0.25) is 0 Å². The molecule has 0 aliphatic heterocycles. The van der Waals surface area contributed by atoms with Gasteiger partial charge in [0.1, 0.15) is 0 Å². The molecule has 0 fully saturated rings. The Morgan fingerprint density at radius 2 is 1.57 bits per heavy atom. The zero-order chi connectivity index (χ0) is 15.8. The van der Waals surface area contributed by atoms with Gasteiger partial charge >= 0.3 is 0 Å². The molecule has 1 aromatic heterocycles. The van der Waals surface area contributed by atoms with Crippen molar-refractivity contribution in [2.45, 2.75) is 0 Å². The first kappa shape index (κ1) is 14.9. The third kappa shape index (κ3) is 2.72. The molecule has 0 aliphatic carbocycles. The summed E-state index contributed by atoms with van der Waals surface area (Å²) in [6.45, 7) is 0. The quantitative estimate of drug-likeness (QED) is 0.389. The Hall–Kier alpha value is -1.61. The van der Waals surface area contributed by atoms with Crippen LogP contribution < -0.4 is 10.4 Å². The van der Waals surface area contributed by atoms with Crippen molar-refractivity contribution in [2.75, 3.05) is 0 Å². The van der Waals surface area contributed by atoms with Gasteiger partial charge in [-0.2, -0.15) is 0 Å². The van der Waals surface area contributed by atoms with Crippen LogP contribution in [0.2, 0.25) is 0 Å². The zero-order valence-electron chi connectivity index (χ0n) is 12.1. The first-order valence-electron chi connectivity index (χ1n) is 7.24.